The number of aryl methyl sites for hydroxylation is 1. The summed E-state index contributed by atoms with van der Waals surface area (Å²) >= 11 is 3.49. The van der Waals surface area contributed by atoms with E-state index in [1.54, 1.807) is 0 Å². The zero-order chi connectivity index (χ0) is 14.7. The highest BCUT2D eigenvalue weighted by Crippen LogP contribution is 2.31. The second-order valence-corrected chi connectivity index (χ2v) is 5.54. The Labute approximate surface area is 126 Å². The lowest BCUT2D eigenvalue weighted by Gasteiger charge is -2.21. The van der Waals surface area contributed by atoms with Crippen LogP contribution in [-0.2, 0) is 0 Å². The van der Waals surface area contributed by atoms with Gasteiger partial charge in [-0.25, -0.2) is 8.78 Å². The van der Waals surface area contributed by atoms with Crippen molar-refractivity contribution < 1.29 is 8.78 Å². The third-order valence-corrected chi connectivity index (χ3v) is 3.86. The SMILES string of the molecule is CCNC(c1cc(F)ccc1F)c1cc(C)ccc1Br. The van der Waals surface area contributed by atoms with Crippen molar-refractivity contribution in [1.82, 2.24) is 5.32 Å². The molecule has 0 radical (unpaired) electrons. The van der Waals surface area contributed by atoms with Gasteiger partial charge >= 0.3 is 0 Å². The fraction of sp³-hybridized carbons (Fsp3) is 0.250. The predicted octanol–water partition coefficient (Wildman–Crippen LogP) is 4.73. The van der Waals surface area contributed by atoms with Crippen LogP contribution < -0.4 is 5.32 Å². The summed E-state index contributed by atoms with van der Waals surface area (Å²) in [6.07, 6.45) is 0. The van der Waals surface area contributed by atoms with E-state index in [2.05, 4.69) is 21.2 Å². The van der Waals surface area contributed by atoms with Gasteiger partial charge in [0.25, 0.3) is 0 Å². The molecule has 0 spiro atoms. The van der Waals surface area contributed by atoms with Crippen molar-refractivity contribution in [3.63, 3.8) is 0 Å². The van der Waals surface area contributed by atoms with Crippen molar-refractivity contribution in [2.75, 3.05) is 6.54 Å². The topological polar surface area (TPSA) is 12.0 Å². The standard InChI is InChI=1S/C16H16BrF2N/c1-3-20-16(12-8-10(2)4-6-14(12)17)13-9-11(18)5-7-15(13)19/h4-9,16,20H,3H2,1-2H3. The lowest BCUT2D eigenvalue weighted by Crippen LogP contribution is -2.23. The van der Waals surface area contributed by atoms with Crippen molar-refractivity contribution in [3.8, 4) is 0 Å². The highest BCUT2D eigenvalue weighted by atomic mass is 79.9. The van der Waals surface area contributed by atoms with Crippen LogP contribution in [0.5, 0.6) is 0 Å². The summed E-state index contributed by atoms with van der Waals surface area (Å²) in [5.41, 5.74) is 2.29. The highest BCUT2D eigenvalue weighted by Gasteiger charge is 2.20. The normalized spacial score (nSPS) is 12.4. The Kier molecular flexibility index (Phi) is 4.89. The Balaban J connectivity index is 2.55. The Hall–Kier alpha value is -1.26. The first-order valence-electron chi connectivity index (χ1n) is 6.47. The lowest BCUT2D eigenvalue weighted by molar-refractivity contribution is 0.544. The molecule has 0 aliphatic rings. The average molecular weight is 340 g/mol. The van der Waals surface area contributed by atoms with Gasteiger partial charge in [-0.3, -0.25) is 0 Å². The Morgan fingerprint density at radius 1 is 1.10 bits per heavy atom. The van der Waals surface area contributed by atoms with Gasteiger partial charge in [-0.1, -0.05) is 40.5 Å². The fourth-order valence-electron chi connectivity index (χ4n) is 2.21. The summed E-state index contributed by atoms with van der Waals surface area (Å²) in [5, 5.41) is 3.21. The molecule has 2 aromatic rings. The molecule has 4 heteroatoms. The molecule has 2 aromatic carbocycles. The van der Waals surface area contributed by atoms with Crippen LogP contribution in [0.15, 0.2) is 40.9 Å². The Morgan fingerprint density at radius 3 is 2.55 bits per heavy atom. The molecular formula is C16H16BrF2N. The minimum Gasteiger partial charge on any atom is -0.306 e. The smallest absolute Gasteiger partial charge is 0.128 e. The highest BCUT2D eigenvalue weighted by molar-refractivity contribution is 9.10. The number of hydrogen-bond acceptors (Lipinski definition) is 1. The van der Waals surface area contributed by atoms with Crippen LogP contribution in [0.1, 0.15) is 29.7 Å². The van der Waals surface area contributed by atoms with Crippen LogP contribution in [0.3, 0.4) is 0 Å². The fourth-order valence-corrected chi connectivity index (χ4v) is 2.69. The molecule has 0 saturated heterocycles. The molecule has 0 fully saturated rings. The Morgan fingerprint density at radius 2 is 1.85 bits per heavy atom. The monoisotopic (exact) mass is 339 g/mol. The van der Waals surface area contributed by atoms with Crippen LogP contribution in [-0.4, -0.2) is 6.54 Å². The molecule has 0 aromatic heterocycles. The summed E-state index contributed by atoms with van der Waals surface area (Å²) in [4.78, 5) is 0. The van der Waals surface area contributed by atoms with Crippen molar-refractivity contribution in [3.05, 3.63) is 69.2 Å². The van der Waals surface area contributed by atoms with E-state index >= 15 is 0 Å². The van der Waals surface area contributed by atoms with E-state index in [0.717, 1.165) is 21.7 Å². The van der Waals surface area contributed by atoms with Crippen molar-refractivity contribution >= 4 is 15.9 Å². The number of halogens is 3. The lowest BCUT2D eigenvalue weighted by atomic mass is 9.96. The van der Waals surface area contributed by atoms with Crippen molar-refractivity contribution in [2.24, 2.45) is 0 Å². The number of rotatable bonds is 4. The number of hydrogen-bond donors (Lipinski definition) is 1. The molecule has 0 saturated carbocycles. The number of nitrogens with one attached hydrogen (secondary N) is 1. The quantitative estimate of drug-likeness (QED) is 0.848. The maximum Gasteiger partial charge on any atom is 0.128 e. The molecule has 0 bridgehead atoms. The Bertz CT molecular complexity index is 562. The van der Waals surface area contributed by atoms with Gasteiger partial charge in [0.15, 0.2) is 0 Å². The van der Waals surface area contributed by atoms with Gasteiger partial charge in [-0.05, 0) is 43.3 Å². The van der Waals surface area contributed by atoms with Gasteiger partial charge in [-0.15, -0.1) is 0 Å². The predicted molar refractivity (Wildman–Crippen MR) is 80.8 cm³/mol. The first kappa shape index (κ1) is 15.1. The van der Waals surface area contributed by atoms with Crippen LogP contribution in [0, 0.1) is 18.6 Å². The molecule has 1 nitrogen and oxygen atoms in total. The first-order chi connectivity index (χ1) is 9.52. The average Bonchev–Trinajstić information content (AvgIpc) is 2.42. The summed E-state index contributed by atoms with van der Waals surface area (Å²) in [6.45, 7) is 4.57. The zero-order valence-electron chi connectivity index (χ0n) is 11.4. The van der Waals surface area contributed by atoms with E-state index < -0.39 is 11.6 Å². The third-order valence-electron chi connectivity index (χ3n) is 3.14. The second-order valence-electron chi connectivity index (χ2n) is 4.68. The van der Waals surface area contributed by atoms with Gasteiger partial charge in [-0.2, -0.15) is 0 Å². The van der Waals surface area contributed by atoms with Gasteiger partial charge in [0.2, 0.25) is 0 Å². The first-order valence-corrected chi connectivity index (χ1v) is 7.26. The molecule has 0 aliphatic carbocycles. The van der Waals surface area contributed by atoms with Crippen molar-refractivity contribution in [1.29, 1.82) is 0 Å². The third kappa shape index (κ3) is 3.25. The zero-order valence-corrected chi connectivity index (χ0v) is 13.0. The molecule has 2 rings (SSSR count). The molecule has 0 amide bonds. The molecule has 1 unspecified atom stereocenters. The van der Waals surface area contributed by atoms with Crippen molar-refractivity contribution in [2.45, 2.75) is 19.9 Å². The molecule has 1 N–H and O–H groups in total. The molecule has 20 heavy (non-hydrogen) atoms. The van der Waals surface area contributed by atoms with Crippen LogP contribution in [0.4, 0.5) is 8.78 Å². The van der Waals surface area contributed by atoms with Crippen LogP contribution in [0.25, 0.3) is 0 Å². The molecule has 1 atom stereocenters. The number of benzene rings is 2. The second kappa shape index (κ2) is 6.46. The molecule has 0 aliphatic heterocycles. The molecule has 0 heterocycles. The van der Waals surface area contributed by atoms with E-state index in [4.69, 9.17) is 0 Å². The van der Waals surface area contributed by atoms with E-state index in [0.29, 0.717) is 12.1 Å². The summed E-state index contributed by atoms with van der Waals surface area (Å²) < 4.78 is 28.3. The van der Waals surface area contributed by atoms with Gasteiger partial charge in [0.1, 0.15) is 11.6 Å². The maximum atomic E-state index is 14.0. The van der Waals surface area contributed by atoms with Gasteiger partial charge in [0.05, 0.1) is 6.04 Å². The van der Waals surface area contributed by atoms with Gasteiger partial charge < -0.3 is 5.32 Å². The minimum absolute atomic E-state index is 0.318. The van der Waals surface area contributed by atoms with Crippen LogP contribution in [0.2, 0.25) is 0 Å². The maximum absolute atomic E-state index is 14.0. The van der Waals surface area contributed by atoms with Crippen LogP contribution >= 0.6 is 15.9 Å². The molecule has 106 valence electrons. The van der Waals surface area contributed by atoms with E-state index in [1.807, 2.05) is 32.0 Å². The summed E-state index contributed by atoms with van der Waals surface area (Å²) in [5.74, 6) is -0.848. The van der Waals surface area contributed by atoms with E-state index in [-0.39, 0.29) is 6.04 Å². The summed E-state index contributed by atoms with van der Waals surface area (Å²) in [6, 6.07) is 9.03. The minimum atomic E-state index is -0.437. The molecular weight excluding hydrogens is 324 g/mol. The largest absolute Gasteiger partial charge is 0.306 e. The summed E-state index contributed by atoms with van der Waals surface area (Å²) in [7, 11) is 0. The van der Waals surface area contributed by atoms with E-state index in [1.165, 1.54) is 12.1 Å². The van der Waals surface area contributed by atoms with Gasteiger partial charge in [0, 0.05) is 10.0 Å². The van der Waals surface area contributed by atoms with E-state index in [9.17, 15) is 8.78 Å².